The van der Waals surface area contributed by atoms with Crippen LogP contribution in [0.25, 0.3) is 16.9 Å². The van der Waals surface area contributed by atoms with Gasteiger partial charge in [0.25, 0.3) is 0 Å². The van der Waals surface area contributed by atoms with E-state index in [9.17, 15) is 15.0 Å². The Balaban J connectivity index is 2.07. The number of hydrogen-bond acceptors (Lipinski definition) is 4. The van der Waals surface area contributed by atoms with Crippen molar-refractivity contribution in [3.8, 4) is 28.4 Å². The first-order valence-electron chi connectivity index (χ1n) is 6.46. The monoisotopic (exact) mass is 296 g/mol. The molecule has 3 aromatic rings. The molecule has 0 aliphatic carbocycles. The van der Waals surface area contributed by atoms with Gasteiger partial charge in [-0.05, 0) is 42.5 Å². The van der Waals surface area contributed by atoms with Gasteiger partial charge >= 0.3 is 5.97 Å². The lowest BCUT2D eigenvalue weighted by Crippen LogP contribution is -2.01. The average Bonchev–Trinajstić information content (AvgIpc) is 2.96. The van der Waals surface area contributed by atoms with Gasteiger partial charge in [-0.15, -0.1) is 0 Å². The first-order valence-corrected chi connectivity index (χ1v) is 6.46. The third kappa shape index (κ3) is 2.37. The van der Waals surface area contributed by atoms with Crippen molar-refractivity contribution in [3.63, 3.8) is 0 Å². The maximum Gasteiger partial charge on any atom is 0.335 e. The quantitative estimate of drug-likeness (QED) is 0.690. The minimum atomic E-state index is -0.997. The number of rotatable bonds is 3. The smallest absolute Gasteiger partial charge is 0.335 e. The summed E-state index contributed by atoms with van der Waals surface area (Å²) in [5.74, 6) is -1.09. The molecule has 0 aliphatic rings. The second-order valence-electron chi connectivity index (χ2n) is 4.68. The molecule has 0 saturated carbocycles. The zero-order chi connectivity index (χ0) is 15.7. The number of carbonyl (C=O) groups is 1. The number of aromatic hydroxyl groups is 2. The van der Waals surface area contributed by atoms with Gasteiger partial charge in [0, 0.05) is 11.6 Å². The van der Waals surface area contributed by atoms with Gasteiger partial charge in [0.15, 0.2) is 0 Å². The van der Waals surface area contributed by atoms with Crippen LogP contribution in [0.2, 0.25) is 0 Å². The molecule has 110 valence electrons. The van der Waals surface area contributed by atoms with Crippen LogP contribution in [0.1, 0.15) is 10.4 Å². The Morgan fingerprint density at radius 3 is 2.36 bits per heavy atom. The van der Waals surface area contributed by atoms with Crippen LogP contribution in [-0.4, -0.2) is 31.1 Å². The lowest BCUT2D eigenvalue weighted by Gasteiger charge is -2.09. The molecule has 6 heteroatoms. The van der Waals surface area contributed by atoms with Crippen LogP contribution in [0.3, 0.4) is 0 Å². The lowest BCUT2D eigenvalue weighted by molar-refractivity contribution is 0.0697. The highest BCUT2D eigenvalue weighted by molar-refractivity contribution is 5.87. The largest absolute Gasteiger partial charge is 0.508 e. The average molecular weight is 296 g/mol. The van der Waals surface area contributed by atoms with Crippen LogP contribution >= 0.6 is 0 Å². The van der Waals surface area contributed by atoms with Gasteiger partial charge in [0.2, 0.25) is 0 Å². The maximum absolute atomic E-state index is 10.9. The highest BCUT2D eigenvalue weighted by atomic mass is 16.4. The van der Waals surface area contributed by atoms with E-state index in [2.05, 4.69) is 5.10 Å². The number of hydrogen-bond donors (Lipinski definition) is 3. The minimum absolute atomic E-state index is 0.0295. The number of nitrogens with zero attached hydrogens (tertiary/aromatic N) is 2. The number of phenolic OH excluding ortho intramolecular Hbond substituents is 2. The fourth-order valence-corrected chi connectivity index (χ4v) is 2.19. The number of benzene rings is 2. The van der Waals surface area contributed by atoms with Crippen molar-refractivity contribution in [2.75, 3.05) is 0 Å². The van der Waals surface area contributed by atoms with Crippen LogP contribution in [-0.2, 0) is 0 Å². The van der Waals surface area contributed by atoms with Crippen molar-refractivity contribution in [2.45, 2.75) is 0 Å². The van der Waals surface area contributed by atoms with Gasteiger partial charge in [-0.25, -0.2) is 9.48 Å². The molecule has 2 aromatic carbocycles. The summed E-state index contributed by atoms with van der Waals surface area (Å²) in [4.78, 5) is 10.9. The van der Waals surface area contributed by atoms with Gasteiger partial charge in [-0.3, -0.25) is 0 Å². The third-order valence-electron chi connectivity index (χ3n) is 3.26. The SMILES string of the molecule is O=C(O)c1ccc(-n2nccc2-c2ccc(O)cc2O)cc1. The Morgan fingerprint density at radius 2 is 1.73 bits per heavy atom. The first-order chi connectivity index (χ1) is 10.6. The number of aromatic carboxylic acids is 1. The Hall–Kier alpha value is -3.28. The molecule has 0 atom stereocenters. The van der Waals surface area contributed by atoms with Crippen molar-refractivity contribution in [2.24, 2.45) is 0 Å². The number of phenols is 2. The highest BCUT2D eigenvalue weighted by Crippen LogP contribution is 2.32. The van der Waals surface area contributed by atoms with Crippen LogP contribution in [0.4, 0.5) is 0 Å². The van der Waals surface area contributed by atoms with E-state index >= 15 is 0 Å². The fraction of sp³-hybridized carbons (Fsp3) is 0. The van der Waals surface area contributed by atoms with E-state index in [1.165, 1.54) is 24.3 Å². The maximum atomic E-state index is 10.9. The number of aromatic nitrogens is 2. The summed E-state index contributed by atoms with van der Waals surface area (Å²) in [6.07, 6.45) is 1.58. The highest BCUT2D eigenvalue weighted by Gasteiger charge is 2.12. The van der Waals surface area contributed by atoms with Crippen LogP contribution in [0, 0.1) is 0 Å². The molecule has 3 rings (SSSR count). The van der Waals surface area contributed by atoms with Gasteiger partial charge in [-0.1, -0.05) is 0 Å². The summed E-state index contributed by atoms with van der Waals surface area (Å²) in [6, 6.07) is 12.3. The van der Waals surface area contributed by atoms with E-state index in [1.807, 2.05) is 0 Å². The molecule has 3 N–H and O–H groups in total. The second kappa shape index (κ2) is 5.25. The molecular weight excluding hydrogens is 284 g/mol. The minimum Gasteiger partial charge on any atom is -0.508 e. The van der Waals surface area contributed by atoms with Crippen molar-refractivity contribution in [3.05, 3.63) is 60.3 Å². The predicted molar refractivity (Wildman–Crippen MR) is 79.3 cm³/mol. The topological polar surface area (TPSA) is 95.6 Å². The molecule has 1 heterocycles. The van der Waals surface area contributed by atoms with Gasteiger partial charge in [0.05, 0.1) is 23.1 Å². The van der Waals surface area contributed by atoms with Gasteiger partial charge < -0.3 is 15.3 Å². The molecule has 0 amide bonds. The molecule has 0 saturated heterocycles. The third-order valence-corrected chi connectivity index (χ3v) is 3.26. The van der Waals surface area contributed by atoms with Crippen LogP contribution < -0.4 is 0 Å². The molecular formula is C16H12N2O4. The van der Waals surface area contributed by atoms with Crippen molar-refractivity contribution in [1.29, 1.82) is 0 Å². The molecule has 0 spiro atoms. The molecule has 0 fully saturated rings. The van der Waals surface area contributed by atoms with E-state index < -0.39 is 5.97 Å². The summed E-state index contributed by atoms with van der Waals surface area (Å²) in [5, 5.41) is 32.5. The molecule has 0 radical (unpaired) electrons. The van der Waals surface area contributed by atoms with Crippen molar-refractivity contribution in [1.82, 2.24) is 9.78 Å². The van der Waals surface area contributed by atoms with E-state index in [0.717, 1.165) is 0 Å². The predicted octanol–water partition coefficient (Wildman–Crippen LogP) is 2.65. The van der Waals surface area contributed by atoms with Gasteiger partial charge in [0.1, 0.15) is 11.5 Å². The van der Waals surface area contributed by atoms with E-state index in [4.69, 9.17) is 5.11 Å². The Kier molecular flexibility index (Phi) is 3.27. The molecule has 0 unspecified atom stereocenters. The molecule has 0 bridgehead atoms. The molecule has 0 aliphatic heterocycles. The van der Waals surface area contributed by atoms with Gasteiger partial charge in [-0.2, -0.15) is 5.10 Å². The van der Waals surface area contributed by atoms with Crippen LogP contribution in [0.5, 0.6) is 11.5 Å². The van der Waals surface area contributed by atoms with E-state index in [0.29, 0.717) is 16.9 Å². The second-order valence-corrected chi connectivity index (χ2v) is 4.68. The zero-order valence-electron chi connectivity index (χ0n) is 11.3. The Bertz CT molecular complexity index is 838. The fourth-order valence-electron chi connectivity index (χ4n) is 2.19. The standard InChI is InChI=1S/C16H12N2O4/c19-12-5-6-13(15(20)9-12)14-7-8-17-18(14)11-3-1-10(2-4-11)16(21)22/h1-9,19-20H,(H,21,22). The lowest BCUT2D eigenvalue weighted by atomic mass is 10.1. The zero-order valence-corrected chi connectivity index (χ0v) is 11.3. The normalized spacial score (nSPS) is 10.5. The molecule has 1 aromatic heterocycles. The van der Waals surface area contributed by atoms with Crippen LogP contribution in [0.15, 0.2) is 54.7 Å². The van der Waals surface area contributed by atoms with Crippen molar-refractivity contribution >= 4 is 5.97 Å². The Morgan fingerprint density at radius 1 is 1.00 bits per heavy atom. The number of carboxylic acid groups (broad SMARTS) is 1. The summed E-state index contributed by atoms with van der Waals surface area (Å²) >= 11 is 0. The summed E-state index contributed by atoms with van der Waals surface area (Å²) in [6.45, 7) is 0. The molecule has 6 nitrogen and oxygen atoms in total. The Labute approximate surface area is 125 Å². The first kappa shape index (κ1) is 13.7. The summed E-state index contributed by atoms with van der Waals surface area (Å²) < 4.78 is 1.58. The summed E-state index contributed by atoms with van der Waals surface area (Å²) in [5.41, 5.74) is 1.99. The van der Waals surface area contributed by atoms with E-state index in [1.54, 1.807) is 35.1 Å². The molecule has 22 heavy (non-hydrogen) atoms. The van der Waals surface area contributed by atoms with E-state index in [-0.39, 0.29) is 17.1 Å². The summed E-state index contributed by atoms with van der Waals surface area (Å²) in [7, 11) is 0. The van der Waals surface area contributed by atoms with Crippen molar-refractivity contribution < 1.29 is 20.1 Å². The number of carboxylic acids is 1.